The fourth-order valence-electron chi connectivity index (χ4n) is 2.42. The number of benzene rings is 2. The zero-order chi connectivity index (χ0) is 21.0. The molecule has 2 N–H and O–H groups in total. The molecule has 28 heavy (non-hydrogen) atoms. The van der Waals surface area contributed by atoms with Crippen LogP contribution in [0, 0.1) is 27.2 Å². The number of nitro groups is 2. The van der Waals surface area contributed by atoms with Gasteiger partial charge in [0.15, 0.2) is 0 Å². The third-order valence-corrected chi connectivity index (χ3v) is 3.75. The first-order valence-corrected chi connectivity index (χ1v) is 8.25. The summed E-state index contributed by atoms with van der Waals surface area (Å²) in [5.41, 5.74) is -0.0486. The lowest BCUT2D eigenvalue weighted by atomic mass is 10.1. The van der Waals surface area contributed by atoms with Crippen LogP contribution in [-0.2, 0) is 0 Å². The first-order valence-electron chi connectivity index (χ1n) is 8.25. The van der Waals surface area contributed by atoms with E-state index in [-0.39, 0.29) is 23.2 Å². The van der Waals surface area contributed by atoms with Crippen molar-refractivity contribution >= 4 is 28.9 Å². The van der Waals surface area contributed by atoms with E-state index in [4.69, 9.17) is 0 Å². The number of nitrogens with one attached hydrogen (secondary N) is 2. The van der Waals surface area contributed by atoms with Crippen molar-refractivity contribution in [3.05, 3.63) is 73.3 Å². The van der Waals surface area contributed by atoms with Gasteiger partial charge >= 0.3 is 0 Å². The zero-order valence-electron chi connectivity index (χ0n) is 15.4. The minimum absolute atomic E-state index is 0.0736. The highest BCUT2D eigenvalue weighted by Gasteiger charge is 2.20. The fourth-order valence-corrected chi connectivity index (χ4v) is 2.42. The molecule has 0 aliphatic heterocycles. The first-order chi connectivity index (χ1) is 13.1. The Labute approximate surface area is 159 Å². The smallest absolute Gasteiger partial charge is 0.277 e. The predicted molar refractivity (Wildman–Crippen MR) is 101 cm³/mol. The summed E-state index contributed by atoms with van der Waals surface area (Å²) in [6.45, 7) is 5.37. The zero-order valence-corrected chi connectivity index (χ0v) is 15.4. The summed E-state index contributed by atoms with van der Waals surface area (Å²) in [5, 5.41) is 27.2. The fraction of sp³-hybridized carbons (Fsp3) is 0.222. The monoisotopic (exact) mass is 386 g/mol. The van der Waals surface area contributed by atoms with Gasteiger partial charge in [-0.15, -0.1) is 0 Å². The Hall–Kier alpha value is -3.82. The lowest BCUT2D eigenvalue weighted by molar-refractivity contribution is -0.394. The van der Waals surface area contributed by atoms with Crippen LogP contribution < -0.4 is 10.6 Å². The molecule has 2 rings (SSSR count). The highest BCUT2D eigenvalue weighted by molar-refractivity contribution is 6.06. The Morgan fingerprint density at radius 3 is 2.00 bits per heavy atom. The molecule has 0 spiro atoms. The molecule has 0 aromatic heterocycles. The topological polar surface area (TPSA) is 144 Å². The van der Waals surface area contributed by atoms with E-state index in [1.807, 2.05) is 13.8 Å². The Balaban J connectivity index is 2.34. The Kier molecular flexibility index (Phi) is 6.04. The molecule has 0 aliphatic carbocycles. The molecular formula is C18H18N4O6. The number of nitro benzene ring substituents is 2. The van der Waals surface area contributed by atoms with Gasteiger partial charge in [0.1, 0.15) is 0 Å². The van der Waals surface area contributed by atoms with Crippen molar-refractivity contribution < 1.29 is 19.4 Å². The highest BCUT2D eigenvalue weighted by atomic mass is 16.6. The average Bonchev–Trinajstić information content (AvgIpc) is 2.62. The molecule has 10 heteroatoms. The summed E-state index contributed by atoms with van der Waals surface area (Å²) in [6.07, 6.45) is 0. The molecule has 0 atom stereocenters. The quantitative estimate of drug-likeness (QED) is 0.576. The molecule has 0 saturated heterocycles. The van der Waals surface area contributed by atoms with Crippen LogP contribution in [0.15, 0.2) is 36.4 Å². The van der Waals surface area contributed by atoms with E-state index < -0.39 is 27.1 Å². The van der Waals surface area contributed by atoms with E-state index in [0.717, 1.165) is 18.2 Å². The second-order valence-electron chi connectivity index (χ2n) is 6.36. The van der Waals surface area contributed by atoms with Gasteiger partial charge in [0.25, 0.3) is 23.2 Å². The lowest BCUT2D eigenvalue weighted by Gasteiger charge is -2.12. The first kappa shape index (κ1) is 20.5. The number of hydrogen-bond acceptors (Lipinski definition) is 6. The number of amides is 2. The highest BCUT2D eigenvalue weighted by Crippen LogP contribution is 2.24. The van der Waals surface area contributed by atoms with Crippen LogP contribution in [0.1, 0.15) is 40.1 Å². The van der Waals surface area contributed by atoms with E-state index in [2.05, 4.69) is 10.6 Å². The molecule has 2 aromatic carbocycles. The second kappa shape index (κ2) is 8.25. The largest absolute Gasteiger partial charge is 0.350 e. The number of hydrogen-bond donors (Lipinski definition) is 2. The molecule has 0 bridgehead atoms. The molecule has 2 amide bonds. The Morgan fingerprint density at radius 2 is 1.50 bits per heavy atom. The number of non-ortho nitro benzene ring substituents is 2. The molecule has 0 saturated carbocycles. The molecular weight excluding hydrogens is 368 g/mol. The normalized spacial score (nSPS) is 10.4. The van der Waals surface area contributed by atoms with Crippen LogP contribution in [0.5, 0.6) is 0 Å². The molecule has 10 nitrogen and oxygen atoms in total. The van der Waals surface area contributed by atoms with Crippen LogP contribution >= 0.6 is 0 Å². The van der Waals surface area contributed by atoms with Crippen LogP contribution in [0.25, 0.3) is 0 Å². The van der Waals surface area contributed by atoms with Gasteiger partial charge in [-0.1, -0.05) is 6.07 Å². The van der Waals surface area contributed by atoms with Gasteiger partial charge in [0.05, 0.1) is 21.5 Å². The van der Waals surface area contributed by atoms with E-state index in [1.54, 1.807) is 19.1 Å². The third-order valence-electron chi connectivity index (χ3n) is 3.75. The predicted octanol–water partition coefficient (Wildman–Crippen LogP) is 3.20. The van der Waals surface area contributed by atoms with Gasteiger partial charge in [-0.3, -0.25) is 29.8 Å². The second-order valence-corrected chi connectivity index (χ2v) is 6.36. The van der Waals surface area contributed by atoms with E-state index in [9.17, 15) is 29.8 Å². The van der Waals surface area contributed by atoms with Crippen LogP contribution in [0.2, 0.25) is 0 Å². The summed E-state index contributed by atoms with van der Waals surface area (Å²) in [6, 6.07) is 7.27. The summed E-state index contributed by atoms with van der Waals surface area (Å²) in [5.74, 6) is -1.08. The van der Waals surface area contributed by atoms with Crippen LogP contribution in [0.4, 0.5) is 17.1 Å². The minimum Gasteiger partial charge on any atom is -0.350 e. The van der Waals surface area contributed by atoms with Gasteiger partial charge in [-0.2, -0.15) is 0 Å². The summed E-state index contributed by atoms with van der Waals surface area (Å²) >= 11 is 0. The third kappa shape index (κ3) is 4.87. The van der Waals surface area contributed by atoms with Crippen molar-refractivity contribution in [2.24, 2.45) is 0 Å². The van der Waals surface area contributed by atoms with Crippen molar-refractivity contribution in [2.45, 2.75) is 26.8 Å². The SMILES string of the molecule is Cc1ccc(NC(=O)c2cc([N+](=O)[O-])cc([N+](=O)[O-])c2)cc1C(=O)NC(C)C. The number of aryl methyl sites for hydroxylation is 1. The molecule has 0 unspecified atom stereocenters. The average molecular weight is 386 g/mol. The molecule has 0 fully saturated rings. The maximum Gasteiger partial charge on any atom is 0.277 e. The molecule has 0 aliphatic rings. The van der Waals surface area contributed by atoms with Crippen LogP contribution in [0.3, 0.4) is 0 Å². The van der Waals surface area contributed by atoms with Crippen molar-refractivity contribution in [1.82, 2.24) is 5.32 Å². The van der Waals surface area contributed by atoms with Crippen molar-refractivity contribution in [3.8, 4) is 0 Å². The number of rotatable bonds is 6. The van der Waals surface area contributed by atoms with Gasteiger partial charge in [0.2, 0.25) is 0 Å². The van der Waals surface area contributed by atoms with Crippen molar-refractivity contribution in [1.29, 1.82) is 0 Å². The number of carbonyl (C=O) groups excluding carboxylic acids is 2. The maximum atomic E-state index is 12.5. The summed E-state index contributed by atoms with van der Waals surface area (Å²) in [7, 11) is 0. The number of anilines is 1. The van der Waals surface area contributed by atoms with Crippen LogP contribution in [-0.4, -0.2) is 27.7 Å². The van der Waals surface area contributed by atoms with E-state index >= 15 is 0 Å². The van der Waals surface area contributed by atoms with Gasteiger partial charge in [-0.25, -0.2) is 0 Å². The van der Waals surface area contributed by atoms with E-state index in [0.29, 0.717) is 11.1 Å². The van der Waals surface area contributed by atoms with Crippen molar-refractivity contribution in [2.75, 3.05) is 5.32 Å². The standard InChI is InChI=1S/C18H18N4O6/c1-10(2)19-18(24)16-8-13(5-4-11(16)3)20-17(23)12-6-14(21(25)26)9-15(7-12)22(27)28/h4-10H,1-3H3,(H,19,24)(H,20,23). The summed E-state index contributed by atoms with van der Waals surface area (Å²) < 4.78 is 0. The molecule has 0 radical (unpaired) electrons. The minimum atomic E-state index is -0.815. The van der Waals surface area contributed by atoms with Gasteiger partial charge < -0.3 is 10.6 Å². The van der Waals surface area contributed by atoms with Gasteiger partial charge in [-0.05, 0) is 38.5 Å². The Bertz CT molecular complexity index is 938. The summed E-state index contributed by atoms with van der Waals surface area (Å²) in [4.78, 5) is 45.0. The van der Waals surface area contributed by atoms with Crippen molar-refractivity contribution in [3.63, 3.8) is 0 Å². The maximum absolute atomic E-state index is 12.5. The van der Waals surface area contributed by atoms with Gasteiger partial charge in [0, 0.05) is 29.4 Å². The Morgan fingerprint density at radius 1 is 0.929 bits per heavy atom. The number of nitrogens with zero attached hydrogens (tertiary/aromatic N) is 2. The lowest BCUT2D eigenvalue weighted by Crippen LogP contribution is -2.30. The molecule has 146 valence electrons. The molecule has 0 heterocycles. The molecule has 2 aromatic rings. The number of carbonyl (C=O) groups is 2. The van der Waals surface area contributed by atoms with E-state index in [1.165, 1.54) is 6.07 Å².